The summed E-state index contributed by atoms with van der Waals surface area (Å²) in [5.41, 5.74) is 1.03. The number of thiazole rings is 1. The van der Waals surface area contributed by atoms with E-state index in [9.17, 15) is 4.79 Å². The lowest BCUT2D eigenvalue weighted by Crippen LogP contribution is -2.21. The minimum absolute atomic E-state index is 0.0210. The SMILES string of the molecule is CCC[C@@H]1C[C@](C)(c2csc(Nc3ccccc3OC)n2)OC1=O. The van der Waals surface area contributed by atoms with Crippen LogP contribution in [0.5, 0.6) is 5.75 Å². The molecule has 0 saturated carbocycles. The van der Waals surface area contributed by atoms with Gasteiger partial charge in [-0.3, -0.25) is 4.79 Å². The van der Waals surface area contributed by atoms with Gasteiger partial charge < -0.3 is 14.8 Å². The van der Waals surface area contributed by atoms with Crippen molar-refractivity contribution in [2.24, 2.45) is 5.92 Å². The average Bonchev–Trinajstić information content (AvgIpc) is 3.14. The third kappa shape index (κ3) is 3.24. The lowest BCUT2D eigenvalue weighted by Gasteiger charge is -2.20. The predicted molar refractivity (Wildman–Crippen MR) is 94.8 cm³/mol. The van der Waals surface area contributed by atoms with Crippen LogP contribution in [0.2, 0.25) is 0 Å². The van der Waals surface area contributed by atoms with Gasteiger partial charge in [0.1, 0.15) is 5.75 Å². The first-order valence-electron chi connectivity index (χ1n) is 8.14. The minimum atomic E-state index is -0.631. The van der Waals surface area contributed by atoms with Gasteiger partial charge in [0.15, 0.2) is 10.7 Å². The third-order valence-electron chi connectivity index (χ3n) is 4.33. The van der Waals surface area contributed by atoms with Crippen molar-refractivity contribution in [3.63, 3.8) is 0 Å². The second kappa shape index (κ2) is 6.81. The van der Waals surface area contributed by atoms with Crippen LogP contribution in [0.1, 0.15) is 38.8 Å². The molecule has 2 aromatic rings. The maximum Gasteiger partial charge on any atom is 0.310 e. The highest BCUT2D eigenvalue weighted by Crippen LogP contribution is 2.42. The summed E-state index contributed by atoms with van der Waals surface area (Å²) in [6.45, 7) is 4.03. The van der Waals surface area contributed by atoms with Crippen LogP contribution in [0, 0.1) is 5.92 Å². The molecule has 2 atom stereocenters. The van der Waals surface area contributed by atoms with Crippen LogP contribution >= 0.6 is 11.3 Å². The molecule has 128 valence electrons. The van der Waals surface area contributed by atoms with Gasteiger partial charge in [0.05, 0.1) is 24.4 Å². The Bertz CT molecular complexity index is 731. The van der Waals surface area contributed by atoms with E-state index in [1.54, 1.807) is 7.11 Å². The fraction of sp³-hybridized carbons (Fsp3) is 0.444. The summed E-state index contributed by atoms with van der Waals surface area (Å²) in [6, 6.07) is 7.69. The van der Waals surface area contributed by atoms with Gasteiger partial charge in [0.25, 0.3) is 0 Å². The van der Waals surface area contributed by atoms with E-state index in [1.165, 1.54) is 11.3 Å². The van der Waals surface area contributed by atoms with Crippen molar-refractivity contribution < 1.29 is 14.3 Å². The number of ether oxygens (including phenoxy) is 2. The average molecular weight is 346 g/mol. The van der Waals surface area contributed by atoms with Crippen molar-refractivity contribution >= 4 is 28.1 Å². The van der Waals surface area contributed by atoms with Gasteiger partial charge >= 0.3 is 5.97 Å². The number of hydrogen-bond donors (Lipinski definition) is 1. The Morgan fingerprint density at radius 2 is 2.25 bits per heavy atom. The number of hydrogen-bond acceptors (Lipinski definition) is 6. The smallest absolute Gasteiger partial charge is 0.310 e. The molecule has 1 aromatic carbocycles. The normalized spacial score (nSPS) is 23.1. The Balaban J connectivity index is 1.77. The molecule has 1 aromatic heterocycles. The van der Waals surface area contributed by atoms with E-state index in [0.29, 0.717) is 6.42 Å². The van der Waals surface area contributed by atoms with Crippen LogP contribution in [0.25, 0.3) is 0 Å². The van der Waals surface area contributed by atoms with Gasteiger partial charge in [-0.05, 0) is 25.5 Å². The van der Waals surface area contributed by atoms with Crippen molar-refractivity contribution in [2.75, 3.05) is 12.4 Å². The first kappa shape index (κ1) is 16.8. The maximum atomic E-state index is 12.1. The number of aromatic nitrogens is 1. The van der Waals surface area contributed by atoms with Gasteiger partial charge in [-0.2, -0.15) is 0 Å². The Morgan fingerprint density at radius 3 is 3.00 bits per heavy atom. The van der Waals surface area contributed by atoms with Crippen molar-refractivity contribution in [1.82, 2.24) is 4.98 Å². The highest BCUT2D eigenvalue weighted by Gasteiger charge is 2.45. The molecule has 0 radical (unpaired) electrons. The second-order valence-corrected chi connectivity index (χ2v) is 7.06. The number of anilines is 2. The highest BCUT2D eigenvalue weighted by molar-refractivity contribution is 7.13. The van der Waals surface area contributed by atoms with Crippen LogP contribution in [0.15, 0.2) is 29.6 Å². The zero-order valence-corrected chi connectivity index (χ0v) is 15.0. The standard InChI is InChI=1S/C18H22N2O3S/c1-4-7-12-10-18(2,23-16(12)21)15-11-24-17(20-15)19-13-8-5-6-9-14(13)22-3/h5-6,8-9,11-12H,4,7,10H2,1-3H3,(H,19,20)/t12-,18-/m1/s1. The molecule has 0 aliphatic carbocycles. The van der Waals surface area contributed by atoms with Crippen molar-refractivity contribution in [2.45, 2.75) is 38.7 Å². The topological polar surface area (TPSA) is 60.4 Å². The van der Waals surface area contributed by atoms with Gasteiger partial charge in [-0.15, -0.1) is 11.3 Å². The predicted octanol–water partition coefficient (Wildman–Crippen LogP) is 4.47. The molecule has 5 nitrogen and oxygen atoms in total. The van der Waals surface area contributed by atoms with Crippen LogP contribution in [0.3, 0.4) is 0 Å². The van der Waals surface area contributed by atoms with Crippen molar-refractivity contribution in [3.8, 4) is 5.75 Å². The number of rotatable bonds is 6. The Hall–Kier alpha value is -2.08. The van der Waals surface area contributed by atoms with Crippen LogP contribution in [0.4, 0.5) is 10.8 Å². The first-order chi connectivity index (χ1) is 11.6. The summed E-state index contributed by atoms with van der Waals surface area (Å²) in [7, 11) is 1.64. The number of cyclic esters (lactones) is 1. The summed E-state index contributed by atoms with van der Waals surface area (Å²) >= 11 is 1.50. The van der Waals surface area contributed by atoms with Crippen molar-refractivity contribution in [1.29, 1.82) is 0 Å². The molecule has 1 aliphatic rings. The Kier molecular flexibility index (Phi) is 4.76. The quantitative estimate of drug-likeness (QED) is 0.782. The summed E-state index contributed by atoms with van der Waals surface area (Å²) in [5.74, 6) is 0.634. The third-order valence-corrected chi connectivity index (χ3v) is 5.08. The van der Waals surface area contributed by atoms with E-state index in [-0.39, 0.29) is 11.9 Å². The molecule has 1 saturated heterocycles. The maximum absolute atomic E-state index is 12.1. The van der Waals surface area contributed by atoms with Gasteiger partial charge in [0.2, 0.25) is 0 Å². The fourth-order valence-electron chi connectivity index (χ4n) is 3.06. The number of methoxy groups -OCH3 is 1. The zero-order valence-electron chi connectivity index (χ0n) is 14.2. The molecule has 6 heteroatoms. The van der Waals surface area contributed by atoms with E-state index >= 15 is 0 Å². The first-order valence-corrected chi connectivity index (χ1v) is 9.02. The van der Waals surface area contributed by atoms with Crippen molar-refractivity contribution in [3.05, 3.63) is 35.3 Å². The molecule has 2 heterocycles. The van der Waals surface area contributed by atoms with Crippen LogP contribution in [-0.2, 0) is 15.1 Å². The number of carbonyl (C=O) groups excluding carboxylic acids is 1. The lowest BCUT2D eigenvalue weighted by molar-refractivity contribution is -0.150. The largest absolute Gasteiger partial charge is 0.495 e. The molecule has 0 unspecified atom stereocenters. The number of carbonyl (C=O) groups is 1. The van der Waals surface area contributed by atoms with E-state index in [1.807, 2.05) is 36.6 Å². The molecule has 0 spiro atoms. The highest BCUT2D eigenvalue weighted by atomic mass is 32.1. The molecule has 0 amide bonds. The number of nitrogens with zero attached hydrogens (tertiary/aromatic N) is 1. The fourth-order valence-corrected chi connectivity index (χ4v) is 3.91. The Morgan fingerprint density at radius 1 is 1.46 bits per heavy atom. The van der Waals surface area contributed by atoms with Crippen LogP contribution in [-0.4, -0.2) is 18.1 Å². The summed E-state index contributed by atoms with van der Waals surface area (Å²) < 4.78 is 11.0. The summed E-state index contributed by atoms with van der Waals surface area (Å²) in [6.07, 6.45) is 2.54. The second-order valence-electron chi connectivity index (χ2n) is 6.20. The molecule has 1 N–H and O–H groups in total. The minimum Gasteiger partial charge on any atom is -0.495 e. The van der Waals surface area contributed by atoms with E-state index < -0.39 is 5.60 Å². The Labute approximate surface area is 146 Å². The van der Waals surface area contributed by atoms with E-state index in [4.69, 9.17) is 9.47 Å². The molecule has 1 fully saturated rings. The number of nitrogens with one attached hydrogen (secondary N) is 1. The lowest BCUT2D eigenvalue weighted by atomic mass is 9.91. The molecule has 0 bridgehead atoms. The zero-order chi connectivity index (χ0) is 17.2. The molecular weight excluding hydrogens is 324 g/mol. The van der Waals surface area contributed by atoms with E-state index in [2.05, 4.69) is 17.2 Å². The molecule has 1 aliphatic heterocycles. The van der Waals surface area contributed by atoms with E-state index in [0.717, 1.165) is 35.1 Å². The monoisotopic (exact) mass is 346 g/mol. The van der Waals surface area contributed by atoms with Crippen LogP contribution < -0.4 is 10.1 Å². The van der Waals surface area contributed by atoms with Gasteiger partial charge in [-0.25, -0.2) is 4.98 Å². The molecule has 24 heavy (non-hydrogen) atoms. The molecule has 3 rings (SSSR count). The summed E-state index contributed by atoms with van der Waals surface area (Å²) in [4.78, 5) is 16.7. The molecular formula is C18H22N2O3S. The number of para-hydroxylation sites is 2. The van der Waals surface area contributed by atoms with Gasteiger partial charge in [-0.1, -0.05) is 25.5 Å². The number of esters is 1. The summed E-state index contributed by atoms with van der Waals surface area (Å²) in [5, 5.41) is 5.99. The van der Waals surface area contributed by atoms with Gasteiger partial charge in [0, 0.05) is 11.8 Å². The number of benzene rings is 1.